The minimum Gasteiger partial charge on any atom is -0.475 e. The lowest BCUT2D eigenvalue weighted by Crippen LogP contribution is -2.22. The van der Waals surface area contributed by atoms with Crippen LogP contribution in [0, 0.1) is 0 Å². The Morgan fingerprint density at radius 2 is 2.27 bits per heavy atom. The second kappa shape index (κ2) is 5.16. The number of carboxylic acids is 1. The Kier molecular flexibility index (Phi) is 3.87. The maximum atomic E-state index is 10.6. The van der Waals surface area contributed by atoms with Gasteiger partial charge in [-0.1, -0.05) is 0 Å². The molecule has 0 bridgehead atoms. The molecule has 0 aliphatic rings. The summed E-state index contributed by atoms with van der Waals surface area (Å²) in [6.45, 7) is 0.755. The molecule has 1 rings (SSSR count). The van der Waals surface area contributed by atoms with E-state index < -0.39 is 11.9 Å². The highest BCUT2D eigenvalue weighted by Crippen LogP contribution is 2.09. The van der Waals surface area contributed by atoms with Crippen molar-refractivity contribution in [3.05, 3.63) is 23.7 Å². The minimum absolute atomic E-state index is 0.0819. The molecule has 1 aromatic rings. The molecule has 1 aromatic heterocycles. The highest BCUT2D eigenvalue weighted by molar-refractivity contribution is 5.86. The summed E-state index contributed by atoms with van der Waals surface area (Å²) in [5, 5.41) is 11.6. The first-order valence-electron chi connectivity index (χ1n) is 4.40. The molecule has 0 aliphatic heterocycles. The van der Waals surface area contributed by atoms with Crippen LogP contribution < -0.4 is 11.1 Å². The molecule has 0 unspecified atom stereocenters. The van der Waals surface area contributed by atoms with Gasteiger partial charge in [0.15, 0.2) is 0 Å². The van der Waals surface area contributed by atoms with E-state index in [1.165, 1.54) is 6.26 Å². The Balaban J connectivity index is 2.40. The number of carboxylic acid groups (broad SMARTS) is 1. The number of amides is 1. The molecule has 0 saturated carbocycles. The van der Waals surface area contributed by atoms with Crippen molar-refractivity contribution in [2.24, 2.45) is 5.73 Å². The topological polar surface area (TPSA) is 106 Å². The van der Waals surface area contributed by atoms with Crippen molar-refractivity contribution >= 4 is 11.9 Å². The van der Waals surface area contributed by atoms with Gasteiger partial charge in [-0.25, -0.2) is 4.79 Å². The van der Waals surface area contributed by atoms with Gasteiger partial charge in [-0.15, -0.1) is 0 Å². The maximum absolute atomic E-state index is 10.6. The number of carbonyl (C=O) groups excluding carboxylic acids is 1. The summed E-state index contributed by atoms with van der Waals surface area (Å²) >= 11 is 0. The summed E-state index contributed by atoms with van der Waals surface area (Å²) in [4.78, 5) is 21.0. The second-order valence-corrected chi connectivity index (χ2v) is 2.97. The van der Waals surface area contributed by atoms with Crippen molar-refractivity contribution in [1.29, 1.82) is 0 Å². The van der Waals surface area contributed by atoms with Gasteiger partial charge in [0, 0.05) is 25.1 Å². The van der Waals surface area contributed by atoms with Gasteiger partial charge < -0.3 is 20.6 Å². The third kappa shape index (κ3) is 3.43. The zero-order valence-corrected chi connectivity index (χ0v) is 8.03. The standard InChI is InChI=1S/C9H12N2O4/c10-7(12)1-3-11-5-6-2-4-15-8(6)9(13)14/h2,4,11H,1,3,5H2,(H2,10,12)(H,13,14). The quantitative estimate of drug-likeness (QED) is 0.573. The molecule has 1 amide bonds. The van der Waals surface area contributed by atoms with Crippen molar-refractivity contribution in [1.82, 2.24) is 5.32 Å². The summed E-state index contributed by atoms with van der Waals surface area (Å²) < 4.78 is 4.77. The minimum atomic E-state index is -1.10. The van der Waals surface area contributed by atoms with Crippen LogP contribution in [0.5, 0.6) is 0 Å². The molecule has 6 nitrogen and oxygen atoms in total. The Morgan fingerprint density at radius 3 is 2.87 bits per heavy atom. The van der Waals surface area contributed by atoms with Crippen LogP contribution in [0.2, 0.25) is 0 Å². The van der Waals surface area contributed by atoms with E-state index in [0.29, 0.717) is 18.7 Å². The molecule has 0 spiro atoms. The molecule has 15 heavy (non-hydrogen) atoms. The number of rotatable bonds is 6. The highest BCUT2D eigenvalue weighted by atomic mass is 16.4. The number of furan rings is 1. The first kappa shape index (κ1) is 11.3. The van der Waals surface area contributed by atoms with Crippen LogP contribution in [-0.2, 0) is 11.3 Å². The molecular formula is C9H12N2O4. The zero-order chi connectivity index (χ0) is 11.3. The van der Waals surface area contributed by atoms with Crippen molar-refractivity contribution < 1.29 is 19.1 Å². The molecule has 82 valence electrons. The van der Waals surface area contributed by atoms with E-state index in [1.54, 1.807) is 6.07 Å². The number of primary amides is 1. The van der Waals surface area contributed by atoms with Crippen molar-refractivity contribution in [3.63, 3.8) is 0 Å². The lowest BCUT2D eigenvalue weighted by molar-refractivity contribution is -0.117. The summed E-state index contributed by atoms with van der Waals surface area (Å²) in [5.41, 5.74) is 5.49. The number of hydrogen-bond donors (Lipinski definition) is 3. The number of hydrogen-bond acceptors (Lipinski definition) is 4. The first-order valence-corrected chi connectivity index (χ1v) is 4.40. The summed E-state index contributed by atoms with van der Waals surface area (Å²) in [7, 11) is 0. The van der Waals surface area contributed by atoms with Crippen LogP contribution in [0.1, 0.15) is 22.5 Å². The van der Waals surface area contributed by atoms with Gasteiger partial charge in [0.25, 0.3) is 0 Å². The van der Waals surface area contributed by atoms with Crippen molar-refractivity contribution in [2.75, 3.05) is 6.54 Å². The molecule has 0 radical (unpaired) electrons. The smallest absolute Gasteiger partial charge is 0.372 e. The van der Waals surface area contributed by atoms with E-state index in [4.69, 9.17) is 15.3 Å². The molecule has 0 fully saturated rings. The predicted octanol–water partition coefficient (Wildman–Crippen LogP) is -0.0572. The lowest BCUT2D eigenvalue weighted by Gasteiger charge is -2.01. The molecule has 6 heteroatoms. The number of nitrogens with one attached hydrogen (secondary N) is 1. The number of carbonyl (C=O) groups is 2. The summed E-state index contributed by atoms with van der Waals surface area (Å²) in [5.74, 6) is -1.58. The second-order valence-electron chi connectivity index (χ2n) is 2.97. The van der Waals surface area contributed by atoms with E-state index >= 15 is 0 Å². The van der Waals surface area contributed by atoms with Gasteiger partial charge >= 0.3 is 5.97 Å². The Hall–Kier alpha value is -1.82. The monoisotopic (exact) mass is 212 g/mol. The fraction of sp³-hybridized carbons (Fsp3) is 0.333. The molecule has 0 aliphatic carbocycles. The van der Waals surface area contributed by atoms with Crippen LogP contribution in [-0.4, -0.2) is 23.5 Å². The molecule has 1 heterocycles. The molecule has 0 aromatic carbocycles. The molecule has 0 saturated heterocycles. The Morgan fingerprint density at radius 1 is 1.53 bits per heavy atom. The van der Waals surface area contributed by atoms with Gasteiger partial charge in [0.1, 0.15) is 0 Å². The van der Waals surface area contributed by atoms with Gasteiger partial charge in [0.05, 0.1) is 6.26 Å². The van der Waals surface area contributed by atoms with Crippen LogP contribution in [0.4, 0.5) is 0 Å². The summed E-state index contributed by atoms with van der Waals surface area (Å²) in [6, 6.07) is 1.57. The largest absolute Gasteiger partial charge is 0.475 e. The predicted molar refractivity (Wildman–Crippen MR) is 51.2 cm³/mol. The van der Waals surface area contributed by atoms with Gasteiger partial charge in [-0.05, 0) is 6.07 Å². The van der Waals surface area contributed by atoms with Gasteiger partial charge in [0.2, 0.25) is 11.7 Å². The fourth-order valence-electron chi connectivity index (χ4n) is 1.10. The first-order chi connectivity index (χ1) is 7.11. The van der Waals surface area contributed by atoms with Crippen LogP contribution >= 0.6 is 0 Å². The van der Waals surface area contributed by atoms with E-state index in [2.05, 4.69) is 5.32 Å². The normalized spacial score (nSPS) is 10.1. The van der Waals surface area contributed by atoms with Crippen LogP contribution in [0.15, 0.2) is 16.7 Å². The highest BCUT2D eigenvalue weighted by Gasteiger charge is 2.12. The fourth-order valence-corrected chi connectivity index (χ4v) is 1.10. The molecular weight excluding hydrogens is 200 g/mol. The van der Waals surface area contributed by atoms with Crippen molar-refractivity contribution in [2.45, 2.75) is 13.0 Å². The van der Waals surface area contributed by atoms with E-state index in [1.807, 2.05) is 0 Å². The molecule has 0 atom stereocenters. The van der Waals surface area contributed by atoms with E-state index in [0.717, 1.165) is 0 Å². The number of nitrogens with two attached hydrogens (primary N) is 1. The van der Waals surface area contributed by atoms with Crippen LogP contribution in [0.3, 0.4) is 0 Å². The Labute approximate surface area is 86.1 Å². The van der Waals surface area contributed by atoms with Crippen LogP contribution in [0.25, 0.3) is 0 Å². The molecule has 4 N–H and O–H groups in total. The average Bonchev–Trinajstić information content (AvgIpc) is 2.60. The SMILES string of the molecule is NC(=O)CCNCc1ccoc1C(=O)O. The Bertz CT molecular complexity index is 359. The third-order valence-electron chi connectivity index (χ3n) is 1.80. The number of aromatic carboxylic acids is 1. The maximum Gasteiger partial charge on any atom is 0.372 e. The van der Waals surface area contributed by atoms with Gasteiger partial charge in [-0.3, -0.25) is 4.79 Å². The van der Waals surface area contributed by atoms with Gasteiger partial charge in [-0.2, -0.15) is 0 Å². The summed E-state index contributed by atoms with van der Waals surface area (Å²) in [6.07, 6.45) is 1.54. The third-order valence-corrected chi connectivity index (χ3v) is 1.80. The lowest BCUT2D eigenvalue weighted by atomic mass is 10.2. The average molecular weight is 212 g/mol. The van der Waals surface area contributed by atoms with Crippen molar-refractivity contribution in [3.8, 4) is 0 Å². The van der Waals surface area contributed by atoms with E-state index in [-0.39, 0.29) is 12.2 Å². The van der Waals surface area contributed by atoms with E-state index in [9.17, 15) is 9.59 Å². The zero-order valence-electron chi connectivity index (χ0n) is 8.03.